The largest absolute Gasteiger partial charge is 0.353 e. The lowest BCUT2D eigenvalue weighted by molar-refractivity contribution is 0.527. The smallest absolute Gasteiger partial charge is 0.0361 e. The van der Waals surface area contributed by atoms with E-state index in [4.69, 9.17) is 0 Å². The van der Waals surface area contributed by atoms with Crippen molar-refractivity contribution in [3.05, 3.63) is 53.9 Å². The average molecular weight is 298 g/mol. The number of benzene rings is 1. The minimum absolute atomic E-state index is 0.555. The van der Waals surface area contributed by atoms with Gasteiger partial charge in [-0.2, -0.15) is 0 Å². The second kappa shape index (κ2) is 5.54. The molecule has 2 nitrogen and oxygen atoms in total. The van der Waals surface area contributed by atoms with Crippen LogP contribution in [0.1, 0.15) is 30.0 Å². The van der Waals surface area contributed by atoms with Crippen molar-refractivity contribution in [1.29, 1.82) is 0 Å². The minimum atomic E-state index is 0.555. The van der Waals surface area contributed by atoms with Gasteiger partial charge in [0.25, 0.3) is 0 Å². The number of thioether (sulfide) groups is 1. The number of rotatable bonds is 5. The second-order valence-electron chi connectivity index (χ2n) is 6.30. The Hall–Kier alpha value is -1.19. The molecule has 2 aliphatic rings. The summed E-state index contributed by atoms with van der Waals surface area (Å²) >= 11 is 2.04. The fraction of sp³-hybridized carbons (Fsp3) is 0.444. The molecule has 0 spiro atoms. The normalized spacial score (nSPS) is 22.2. The molecule has 1 N–H and O–H groups in total. The van der Waals surface area contributed by atoms with E-state index in [1.54, 1.807) is 0 Å². The van der Waals surface area contributed by atoms with Gasteiger partial charge in [-0.25, -0.2) is 0 Å². The van der Waals surface area contributed by atoms with Gasteiger partial charge in [0.15, 0.2) is 0 Å². The molecule has 1 aromatic carbocycles. The van der Waals surface area contributed by atoms with Crippen LogP contribution in [0.4, 0.5) is 0 Å². The van der Waals surface area contributed by atoms with Gasteiger partial charge in [0.1, 0.15) is 0 Å². The molecule has 2 unspecified atom stereocenters. The van der Waals surface area contributed by atoms with Crippen molar-refractivity contribution in [3.8, 4) is 0 Å². The van der Waals surface area contributed by atoms with Crippen LogP contribution in [0.5, 0.6) is 0 Å². The molecule has 110 valence electrons. The van der Waals surface area contributed by atoms with E-state index in [0.29, 0.717) is 11.3 Å². The molecule has 0 saturated heterocycles. The van der Waals surface area contributed by atoms with Gasteiger partial charge in [0.2, 0.25) is 0 Å². The van der Waals surface area contributed by atoms with Crippen molar-refractivity contribution < 1.29 is 0 Å². The molecule has 1 aliphatic heterocycles. The zero-order valence-electron chi connectivity index (χ0n) is 12.5. The molecular formula is C18H22N2S. The van der Waals surface area contributed by atoms with Crippen LogP contribution in [-0.2, 0) is 13.0 Å². The third kappa shape index (κ3) is 2.77. The van der Waals surface area contributed by atoms with E-state index >= 15 is 0 Å². The SMILES string of the molecule is CNC(c1ccn(CC2Cc3ccccc3S2)c1)C1CC1. The predicted octanol–water partition coefficient (Wildman–Crippen LogP) is 3.88. The van der Waals surface area contributed by atoms with Crippen molar-refractivity contribution in [2.45, 2.75) is 42.0 Å². The Morgan fingerprint density at radius 1 is 1.29 bits per heavy atom. The van der Waals surface area contributed by atoms with E-state index in [1.165, 1.54) is 35.3 Å². The third-order valence-electron chi connectivity index (χ3n) is 4.67. The molecule has 0 bridgehead atoms. The number of aromatic nitrogens is 1. The van der Waals surface area contributed by atoms with E-state index in [1.807, 2.05) is 11.8 Å². The predicted molar refractivity (Wildman–Crippen MR) is 88.7 cm³/mol. The molecule has 2 heterocycles. The van der Waals surface area contributed by atoms with Crippen LogP contribution in [0.2, 0.25) is 0 Å². The number of hydrogen-bond donors (Lipinski definition) is 1. The minimum Gasteiger partial charge on any atom is -0.353 e. The molecule has 1 aliphatic carbocycles. The summed E-state index contributed by atoms with van der Waals surface area (Å²) in [6.45, 7) is 1.11. The maximum absolute atomic E-state index is 3.48. The number of nitrogens with one attached hydrogen (secondary N) is 1. The molecule has 1 saturated carbocycles. The lowest BCUT2D eigenvalue weighted by atomic mass is 10.1. The summed E-state index contributed by atoms with van der Waals surface area (Å²) < 4.78 is 2.38. The zero-order valence-corrected chi connectivity index (χ0v) is 13.3. The van der Waals surface area contributed by atoms with Crippen molar-refractivity contribution in [2.75, 3.05) is 7.05 Å². The highest BCUT2D eigenvalue weighted by Gasteiger charge is 2.31. The van der Waals surface area contributed by atoms with Crippen LogP contribution < -0.4 is 5.32 Å². The molecule has 4 rings (SSSR count). The van der Waals surface area contributed by atoms with Crippen molar-refractivity contribution >= 4 is 11.8 Å². The van der Waals surface area contributed by atoms with Crippen molar-refractivity contribution in [1.82, 2.24) is 9.88 Å². The topological polar surface area (TPSA) is 17.0 Å². The summed E-state index contributed by atoms with van der Waals surface area (Å²) in [7, 11) is 2.09. The Morgan fingerprint density at radius 2 is 2.14 bits per heavy atom. The molecular weight excluding hydrogens is 276 g/mol. The molecule has 21 heavy (non-hydrogen) atoms. The first-order chi connectivity index (χ1) is 10.3. The van der Waals surface area contributed by atoms with Crippen molar-refractivity contribution in [2.24, 2.45) is 5.92 Å². The fourth-order valence-electron chi connectivity index (χ4n) is 3.45. The first-order valence-corrected chi connectivity index (χ1v) is 8.79. The third-order valence-corrected chi connectivity index (χ3v) is 5.97. The lowest BCUT2D eigenvalue weighted by Gasteiger charge is -2.14. The first-order valence-electron chi connectivity index (χ1n) is 7.91. The Bertz CT molecular complexity index is 605. The summed E-state index contributed by atoms with van der Waals surface area (Å²) in [6, 6.07) is 11.7. The van der Waals surface area contributed by atoms with E-state index < -0.39 is 0 Å². The average Bonchev–Trinajstić information content (AvgIpc) is 3.08. The highest BCUT2D eigenvalue weighted by atomic mass is 32.2. The maximum atomic E-state index is 3.48. The number of fused-ring (bicyclic) bond motifs is 1. The molecule has 1 aromatic heterocycles. The molecule has 0 amide bonds. The van der Waals surface area contributed by atoms with E-state index in [9.17, 15) is 0 Å². The molecule has 2 aromatic rings. The van der Waals surface area contributed by atoms with Gasteiger partial charge < -0.3 is 9.88 Å². The quantitative estimate of drug-likeness (QED) is 0.902. The van der Waals surface area contributed by atoms with Gasteiger partial charge in [-0.15, -0.1) is 11.8 Å². The Morgan fingerprint density at radius 3 is 2.90 bits per heavy atom. The van der Waals surface area contributed by atoms with Gasteiger partial charge in [-0.3, -0.25) is 0 Å². The van der Waals surface area contributed by atoms with Crippen molar-refractivity contribution in [3.63, 3.8) is 0 Å². The zero-order chi connectivity index (χ0) is 14.2. The summed E-state index contributed by atoms with van der Waals surface area (Å²) in [5.74, 6) is 0.857. The molecule has 3 heteroatoms. The second-order valence-corrected chi connectivity index (χ2v) is 7.64. The number of hydrogen-bond acceptors (Lipinski definition) is 2. The molecule has 2 atom stereocenters. The Labute approximate surface area is 130 Å². The van der Waals surface area contributed by atoms with Gasteiger partial charge in [0.05, 0.1) is 0 Å². The summed E-state index contributed by atoms with van der Waals surface area (Å²) in [4.78, 5) is 1.47. The highest BCUT2D eigenvalue weighted by Crippen LogP contribution is 2.41. The number of nitrogens with zero attached hydrogens (tertiary/aromatic N) is 1. The highest BCUT2D eigenvalue weighted by molar-refractivity contribution is 8.00. The Kier molecular flexibility index (Phi) is 3.56. The van der Waals surface area contributed by atoms with Crippen LogP contribution in [0, 0.1) is 5.92 Å². The van der Waals surface area contributed by atoms with Gasteiger partial charge >= 0.3 is 0 Å². The van der Waals surface area contributed by atoms with E-state index in [0.717, 1.165) is 12.5 Å². The first kappa shape index (κ1) is 13.5. The summed E-state index contributed by atoms with van der Waals surface area (Å²) in [5, 5.41) is 4.16. The standard InChI is InChI=1S/C18H22N2S/c1-19-18(13-6-7-13)15-8-9-20(11-15)12-16-10-14-4-2-3-5-17(14)21-16/h2-5,8-9,11,13,16,18-19H,6-7,10,12H2,1H3. The van der Waals surface area contributed by atoms with Crippen LogP contribution in [0.15, 0.2) is 47.6 Å². The van der Waals surface area contributed by atoms with E-state index in [2.05, 4.69) is 59.7 Å². The fourth-order valence-corrected chi connectivity index (χ4v) is 4.78. The maximum Gasteiger partial charge on any atom is 0.0361 e. The lowest BCUT2D eigenvalue weighted by Crippen LogP contribution is -2.18. The van der Waals surface area contributed by atoms with Crippen LogP contribution in [0.25, 0.3) is 0 Å². The summed E-state index contributed by atoms with van der Waals surface area (Å²) in [5.41, 5.74) is 2.98. The molecule has 0 radical (unpaired) electrons. The van der Waals surface area contributed by atoms with Gasteiger partial charge in [-0.1, -0.05) is 18.2 Å². The van der Waals surface area contributed by atoms with Crippen LogP contribution >= 0.6 is 11.8 Å². The van der Waals surface area contributed by atoms with Crippen LogP contribution in [0.3, 0.4) is 0 Å². The van der Waals surface area contributed by atoms with Crippen LogP contribution in [-0.4, -0.2) is 16.9 Å². The van der Waals surface area contributed by atoms with Gasteiger partial charge in [0, 0.05) is 35.1 Å². The molecule has 1 fully saturated rings. The monoisotopic (exact) mass is 298 g/mol. The van der Waals surface area contributed by atoms with E-state index in [-0.39, 0.29) is 0 Å². The van der Waals surface area contributed by atoms with Gasteiger partial charge in [-0.05, 0) is 55.5 Å². The summed E-state index contributed by atoms with van der Waals surface area (Å²) in [6.07, 6.45) is 8.57. The Balaban J connectivity index is 1.43.